The molecule has 3 aromatic carbocycles. The van der Waals surface area contributed by atoms with Crippen LogP contribution in [0, 0.1) is 13.8 Å². The zero-order chi connectivity index (χ0) is 24.3. The second-order valence-corrected chi connectivity index (χ2v) is 9.60. The largest absolute Gasteiger partial charge is 0.379 e. The molecule has 0 bridgehead atoms. The van der Waals surface area contributed by atoms with Crippen molar-refractivity contribution in [2.45, 2.75) is 18.7 Å². The minimum absolute atomic E-state index is 0.0732. The van der Waals surface area contributed by atoms with Crippen LogP contribution in [0.3, 0.4) is 0 Å². The summed E-state index contributed by atoms with van der Waals surface area (Å²) >= 11 is 6.17. The minimum atomic E-state index is -4.03. The minimum Gasteiger partial charge on any atom is -0.379 e. The van der Waals surface area contributed by atoms with Crippen molar-refractivity contribution in [2.24, 2.45) is 0 Å². The fourth-order valence-electron chi connectivity index (χ4n) is 3.02. The number of anilines is 1. The lowest BCUT2D eigenvalue weighted by atomic mass is 10.1. The van der Waals surface area contributed by atoms with Gasteiger partial charge in [0.15, 0.2) is 0 Å². The SMILES string of the molecule is Cc1ccc(C)c(S(=O)(=O)Oc2ccc(C(=O)Nc3cc(C(=O)N(C)C)ccc3Cl)cc2)c1. The predicted octanol–water partition coefficient (Wildman–Crippen LogP) is 4.68. The van der Waals surface area contributed by atoms with Gasteiger partial charge in [0.1, 0.15) is 10.6 Å². The van der Waals surface area contributed by atoms with Gasteiger partial charge in [-0.05, 0) is 73.5 Å². The first-order valence-corrected chi connectivity index (χ1v) is 11.7. The van der Waals surface area contributed by atoms with Crippen molar-refractivity contribution in [3.05, 3.63) is 87.9 Å². The molecular formula is C24H23ClN2O5S. The highest BCUT2D eigenvalue weighted by Gasteiger charge is 2.20. The third-order valence-corrected chi connectivity index (χ3v) is 6.52. The first-order chi connectivity index (χ1) is 15.5. The van der Waals surface area contributed by atoms with Gasteiger partial charge in [0.2, 0.25) is 0 Å². The monoisotopic (exact) mass is 486 g/mol. The van der Waals surface area contributed by atoms with Crippen molar-refractivity contribution >= 4 is 39.2 Å². The second kappa shape index (κ2) is 9.64. The Morgan fingerprint density at radius 2 is 1.55 bits per heavy atom. The lowest BCUT2D eigenvalue weighted by molar-refractivity contribution is 0.0827. The number of hydrogen-bond acceptors (Lipinski definition) is 5. The number of benzene rings is 3. The number of rotatable bonds is 6. The van der Waals surface area contributed by atoms with E-state index >= 15 is 0 Å². The smallest absolute Gasteiger partial charge is 0.339 e. The summed E-state index contributed by atoms with van der Waals surface area (Å²) in [4.78, 5) is 26.3. The van der Waals surface area contributed by atoms with Crippen LogP contribution in [0.5, 0.6) is 5.75 Å². The molecule has 172 valence electrons. The standard InChI is InChI=1S/C24H23ClN2O5S/c1-15-5-6-16(2)22(13-15)33(30,31)32-19-10-7-17(8-11-19)23(28)26-21-14-18(9-12-20(21)25)24(29)27(3)4/h5-14H,1-4H3,(H,26,28). The zero-order valence-corrected chi connectivity index (χ0v) is 20.1. The number of carbonyl (C=O) groups is 2. The van der Waals surface area contributed by atoms with Crippen molar-refractivity contribution in [3.8, 4) is 5.75 Å². The van der Waals surface area contributed by atoms with Crippen molar-refractivity contribution < 1.29 is 22.2 Å². The maximum Gasteiger partial charge on any atom is 0.339 e. The van der Waals surface area contributed by atoms with Crippen LogP contribution < -0.4 is 9.50 Å². The molecule has 0 aliphatic heterocycles. The number of nitrogens with one attached hydrogen (secondary N) is 1. The molecule has 0 heterocycles. The van der Waals surface area contributed by atoms with E-state index in [1.807, 2.05) is 6.07 Å². The van der Waals surface area contributed by atoms with Crippen LogP contribution in [0.1, 0.15) is 31.8 Å². The normalized spacial score (nSPS) is 11.1. The van der Waals surface area contributed by atoms with Gasteiger partial charge in [0.05, 0.1) is 10.7 Å². The molecule has 1 N–H and O–H groups in total. The molecule has 0 saturated carbocycles. The molecule has 7 nitrogen and oxygen atoms in total. The maximum atomic E-state index is 12.7. The Bertz CT molecular complexity index is 1320. The first-order valence-electron chi connectivity index (χ1n) is 9.92. The summed E-state index contributed by atoms with van der Waals surface area (Å²) in [6.07, 6.45) is 0. The third-order valence-electron chi connectivity index (χ3n) is 4.80. The number of aryl methyl sites for hydroxylation is 2. The number of nitrogens with zero attached hydrogens (tertiary/aromatic N) is 1. The number of amides is 2. The van der Waals surface area contributed by atoms with Gasteiger partial charge in [-0.25, -0.2) is 0 Å². The average Bonchev–Trinajstić information content (AvgIpc) is 2.76. The average molecular weight is 487 g/mol. The molecule has 0 atom stereocenters. The second-order valence-electron chi connectivity index (χ2n) is 7.68. The summed E-state index contributed by atoms with van der Waals surface area (Å²) in [5, 5.41) is 2.94. The van der Waals surface area contributed by atoms with Gasteiger partial charge >= 0.3 is 10.1 Å². The Kier molecular flexibility index (Phi) is 7.09. The Labute approximate surface area is 198 Å². The highest BCUT2D eigenvalue weighted by atomic mass is 35.5. The number of halogens is 1. The van der Waals surface area contributed by atoms with Crippen LogP contribution in [-0.4, -0.2) is 39.2 Å². The highest BCUT2D eigenvalue weighted by Crippen LogP contribution is 2.26. The fraction of sp³-hybridized carbons (Fsp3) is 0.167. The molecule has 0 fully saturated rings. The van der Waals surface area contributed by atoms with Crippen LogP contribution in [-0.2, 0) is 10.1 Å². The van der Waals surface area contributed by atoms with E-state index in [-0.39, 0.29) is 32.8 Å². The van der Waals surface area contributed by atoms with Crippen LogP contribution in [0.15, 0.2) is 65.6 Å². The molecule has 2 amide bonds. The van der Waals surface area contributed by atoms with Crippen LogP contribution in [0.4, 0.5) is 5.69 Å². The molecule has 9 heteroatoms. The van der Waals surface area contributed by atoms with Crippen LogP contribution >= 0.6 is 11.6 Å². The van der Waals surface area contributed by atoms with Crippen LogP contribution in [0.25, 0.3) is 0 Å². The topological polar surface area (TPSA) is 92.8 Å². The predicted molar refractivity (Wildman–Crippen MR) is 128 cm³/mol. The van der Waals surface area contributed by atoms with Gasteiger partial charge < -0.3 is 14.4 Å². The van der Waals surface area contributed by atoms with Crippen molar-refractivity contribution in [2.75, 3.05) is 19.4 Å². The summed E-state index contributed by atoms with van der Waals surface area (Å²) in [6, 6.07) is 15.3. The highest BCUT2D eigenvalue weighted by molar-refractivity contribution is 7.87. The quantitative estimate of drug-likeness (QED) is 0.511. The lowest BCUT2D eigenvalue weighted by Gasteiger charge is -2.13. The fourth-order valence-corrected chi connectivity index (χ4v) is 4.43. The molecule has 0 radical (unpaired) electrons. The molecule has 0 aromatic heterocycles. The van der Waals surface area contributed by atoms with Gasteiger partial charge in [-0.3, -0.25) is 9.59 Å². The van der Waals surface area contributed by atoms with Crippen LogP contribution in [0.2, 0.25) is 5.02 Å². The Hall–Kier alpha value is -3.36. The lowest BCUT2D eigenvalue weighted by Crippen LogP contribution is -2.22. The van der Waals surface area contributed by atoms with Crippen molar-refractivity contribution in [3.63, 3.8) is 0 Å². The van der Waals surface area contributed by atoms with Gasteiger partial charge in [0, 0.05) is 25.2 Å². The van der Waals surface area contributed by atoms with Crippen molar-refractivity contribution in [1.82, 2.24) is 4.90 Å². The van der Waals surface area contributed by atoms with Gasteiger partial charge in [-0.2, -0.15) is 8.42 Å². The summed E-state index contributed by atoms with van der Waals surface area (Å²) in [7, 11) is -0.779. The summed E-state index contributed by atoms with van der Waals surface area (Å²) < 4.78 is 30.6. The van der Waals surface area contributed by atoms with Gasteiger partial charge in [-0.1, -0.05) is 23.7 Å². The summed E-state index contributed by atoms with van der Waals surface area (Å²) in [5.41, 5.74) is 2.28. The van der Waals surface area contributed by atoms with E-state index in [9.17, 15) is 18.0 Å². The Morgan fingerprint density at radius 3 is 2.18 bits per heavy atom. The van der Waals surface area contributed by atoms with E-state index < -0.39 is 16.0 Å². The summed E-state index contributed by atoms with van der Waals surface area (Å²) in [5.74, 6) is -0.631. The van der Waals surface area contributed by atoms with Gasteiger partial charge in [-0.15, -0.1) is 0 Å². The molecule has 3 rings (SSSR count). The molecule has 0 aliphatic rings. The van der Waals surface area contributed by atoms with Gasteiger partial charge in [0.25, 0.3) is 11.8 Å². The van der Waals surface area contributed by atoms with E-state index in [1.165, 1.54) is 41.3 Å². The molecule has 0 aliphatic carbocycles. The number of carbonyl (C=O) groups excluding carboxylic acids is 2. The first kappa shape index (κ1) is 24.3. The molecule has 0 spiro atoms. The van der Waals surface area contributed by atoms with Crippen molar-refractivity contribution in [1.29, 1.82) is 0 Å². The molecule has 33 heavy (non-hydrogen) atoms. The van der Waals surface area contributed by atoms with E-state index in [0.717, 1.165) is 5.56 Å². The Balaban J connectivity index is 1.77. The molecule has 3 aromatic rings. The van der Waals surface area contributed by atoms with E-state index in [0.29, 0.717) is 11.1 Å². The van der Waals surface area contributed by atoms with E-state index in [2.05, 4.69) is 5.32 Å². The Morgan fingerprint density at radius 1 is 0.909 bits per heavy atom. The molecule has 0 unspecified atom stereocenters. The van der Waals surface area contributed by atoms with E-state index in [1.54, 1.807) is 46.1 Å². The molecule has 0 saturated heterocycles. The summed E-state index contributed by atoms with van der Waals surface area (Å²) in [6.45, 7) is 3.49. The zero-order valence-electron chi connectivity index (χ0n) is 18.5. The maximum absolute atomic E-state index is 12.7. The third kappa shape index (κ3) is 5.71. The van der Waals surface area contributed by atoms with E-state index in [4.69, 9.17) is 15.8 Å². The molecular weight excluding hydrogens is 464 g/mol. The number of hydrogen-bond donors (Lipinski definition) is 1.